The summed E-state index contributed by atoms with van der Waals surface area (Å²) in [4.78, 5) is 40.7. The Morgan fingerprint density at radius 1 is 1.07 bits per heavy atom. The predicted molar refractivity (Wildman–Crippen MR) is 97.6 cm³/mol. The minimum absolute atomic E-state index is 0.0937. The maximum absolute atomic E-state index is 12.9. The summed E-state index contributed by atoms with van der Waals surface area (Å²) in [6.07, 6.45) is 0.691. The van der Waals surface area contributed by atoms with Crippen molar-refractivity contribution in [2.24, 2.45) is 11.8 Å². The molecule has 0 aromatic heterocycles. The molecule has 7 heteroatoms. The largest absolute Gasteiger partial charge is 0.322 e. The van der Waals surface area contributed by atoms with Crippen LogP contribution in [0.3, 0.4) is 0 Å². The van der Waals surface area contributed by atoms with Gasteiger partial charge in [0.2, 0.25) is 11.8 Å². The van der Waals surface area contributed by atoms with Crippen LogP contribution in [0.1, 0.15) is 34.3 Å². The summed E-state index contributed by atoms with van der Waals surface area (Å²) in [5, 5.41) is 5.83. The standard InChI is InChI=1S/C20H24N4O3/c25-18-5-4-17(19(26)22-18)24-11-16-12(2-1-3-15(16)20(24)27)8-23-9-13-6-21-7-14(13)10-23/h1-3,13-14,17,21H,4-11H2,(H,22,25,26)/t13-,14+,17?. The fraction of sp³-hybridized carbons (Fsp3) is 0.550. The van der Waals surface area contributed by atoms with Crippen molar-refractivity contribution in [3.63, 3.8) is 0 Å². The molecule has 7 nitrogen and oxygen atoms in total. The van der Waals surface area contributed by atoms with E-state index in [1.54, 1.807) is 4.90 Å². The summed E-state index contributed by atoms with van der Waals surface area (Å²) in [5.41, 5.74) is 2.93. The Balaban J connectivity index is 1.35. The first-order valence-electron chi connectivity index (χ1n) is 9.78. The summed E-state index contributed by atoms with van der Waals surface area (Å²) in [6.45, 7) is 5.73. The summed E-state index contributed by atoms with van der Waals surface area (Å²) < 4.78 is 0. The Morgan fingerprint density at radius 3 is 2.59 bits per heavy atom. The zero-order chi connectivity index (χ0) is 18.5. The van der Waals surface area contributed by atoms with Gasteiger partial charge in [0.15, 0.2) is 0 Å². The fourth-order valence-electron chi connectivity index (χ4n) is 5.12. The highest BCUT2D eigenvalue weighted by Gasteiger charge is 2.40. The van der Waals surface area contributed by atoms with Crippen LogP contribution in [0.25, 0.3) is 0 Å². The Bertz CT molecular complexity index is 811. The van der Waals surface area contributed by atoms with Crippen LogP contribution in [0.5, 0.6) is 0 Å². The van der Waals surface area contributed by atoms with E-state index in [1.165, 1.54) is 5.56 Å². The summed E-state index contributed by atoms with van der Waals surface area (Å²) >= 11 is 0. The molecular weight excluding hydrogens is 344 g/mol. The molecule has 0 aliphatic carbocycles. The summed E-state index contributed by atoms with van der Waals surface area (Å²) in [5.74, 6) is 0.777. The molecule has 0 spiro atoms. The Kier molecular flexibility index (Phi) is 4.02. The first-order valence-corrected chi connectivity index (χ1v) is 9.78. The number of likely N-dealkylation sites (tertiary alicyclic amines) is 1. The number of piperidine rings is 1. The molecule has 3 amide bonds. The second kappa shape index (κ2) is 6.42. The highest BCUT2D eigenvalue weighted by molar-refractivity contribution is 6.05. The lowest BCUT2D eigenvalue weighted by Crippen LogP contribution is -2.52. The summed E-state index contributed by atoms with van der Waals surface area (Å²) in [7, 11) is 0. The van der Waals surface area contributed by atoms with Crippen LogP contribution in [0.4, 0.5) is 0 Å². The van der Waals surface area contributed by atoms with Gasteiger partial charge in [0.1, 0.15) is 6.04 Å². The lowest BCUT2D eigenvalue weighted by Gasteiger charge is -2.29. The van der Waals surface area contributed by atoms with Gasteiger partial charge in [0, 0.05) is 38.2 Å². The van der Waals surface area contributed by atoms with E-state index in [2.05, 4.69) is 21.6 Å². The molecule has 4 heterocycles. The van der Waals surface area contributed by atoms with Crippen LogP contribution in [-0.2, 0) is 22.7 Å². The minimum Gasteiger partial charge on any atom is -0.322 e. The average Bonchev–Trinajstić information content (AvgIpc) is 3.30. The van der Waals surface area contributed by atoms with Crippen molar-refractivity contribution in [1.29, 1.82) is 0 Å². The highest BCUT2D eigenvalue weighted by atomic mass is 16.2. The number of fused-ring (bicyclic) bond motifs is 2. The van der Waals surface area contributed by atoms with Crippen molar-refractivity contribution < 1.29 is 14.4 Å². The van der Waals surface area contributed by atoms with Gasteiger partial charge in [-0.3, -0.25) is 24.6 Å². The lowest BCUT2D eigenvalue weighted by atomic mass is 10.0. The average molecular weight is 368 g/mol. The van der Waals surface area contributed by atoms with E-state index in [1.807, 2.05) is 12.1 Å². The second-order valence-electron chi connectivity index (χ2n) is 8.22. The minimum atomic E-state index is -0.548. The molecule has 5 rings (SSSR count). The van der Waals surface area contributed by atoms with Crippen LogP contribution < -0.4 is 10.6 Å². The number of carbonyl (C=O) groups excluding carboxylic acids is 3. The van der Waals surface area contributed by atoms with Crippen LogP contribution in [0.2, 0.25) is 0 Å². The fourth-order valence-corrected chi connectivity index (χ4v) is 5.12. The third-order valence-corrected chi connectivity index (χ3v) is 6.54. The summed E-state index contributed by atoms with van der Waals surface area (Å²) in [6, 6.07) is 5.35. The number of nitrogens with zero attached hydrogens (tertiary/aromatic N) is 2. The smallest absolute Gasteiger partial charge is 0.255 e. The van der Waals surface area contributed by atoms with Crippen molar-refractivity contribution in [2.75, 3.05) is 26.2 Å². The van der Waals surface area contributed by atoms with Gasteiger partial charge in [0.05, 0.1) is 0 Å². The van der Waals surface area contributed by atoms with E-state index in [4.69, 9.17) is 0 Å². The van der Waals surface area contributed by atoms with Crippen molar-refractivity contribution in [3.8, 4) is 0 Å². The molecule has 1 unspecified atom stereocenters. The molecule has 2 N–H and O–H groups in total. The van der Waals surface area contributed by atoms with E-state index in [0.717, 1.165) is 50.1 Å². The van der Waals surface area contributed by atoms with Crippen molar-refractivity contribution in [3.05, 3.63) is 34.9 Å². The zero-order valence-electron chi connectivity index (χ0n) is 15.2. The number of hydrogen-bond donors (Lipinski definition) is 2. The molecule has 1 aromatic carbocycles. The van der Waals surface area contributed by atoms with E-state index in [9.17, 15) is 14.4 Å². The van der Waals surface area contributed by atoms with Gasteiger partial charge in [-0.2, -0.15) is 0 Å². The Morgan fingerprint density at radius 2 is 1.85 bits per heavy atom. The van der Waals surface area contributed by atoms with Gasteiger partial charge in [-0.25, -0.2) is 0 Å². The molecule has 0 bridgehead atoms. The van der Waals surface area contributed by atoms with Gasteiger partial charge in [-0.05, 0) is 48.5 Å². The lowest BCUT2D eigenvalue weighted by molar-refractivity contribution is -0.136. The van der Waals surface area contributed by atoms with Crippen LogP contribution >= 0.6 is 0 Å². The van der Waals surface area contributed by atoms with Gasteiger partial charge in [-0.1, -0.05) is 12.1 Å². The van der Waals surface area contributed by atoms with Gasteiger partial charge >= 0.3 is 0 Å². The van der Waals surface area contributed by atoms with E-state index in [0.29, 0.717) is 18.5 Å². The highest BCUT2D eigenvalue weighted by Crippen LogP contribution is 2.32. The number of imide groups is 1. The normalized spacial score (nSPS) is 30.6. The molecule has 27 heavy (non-hydrogen) atoms. The van der Waals surface area contributed by atoms with Crippen molar-refractivity contribution in [2.45, 2.75) is 32.0 Å². The predicted octanol–water partition coefficient (Wildman–Crippen LogP) is 0.0988. The van der Waals surface area contributed by atoms with E-state index >= 15 is 0 Å². The molecule has 3 saturated heterocycles. The third kappa shape index (κ3) is 2.85. The number of rotatable bonds is 3. The maximum Gasteiger partial charge on any atom is 0.255 e. The topological polar surface area (TPSA) is 81.8 Å². The van der Waals surface area contributed by atoms with Gasteiger partial charge in [-0.15, -0.1) is 0 Å². The molecule has 142 valence electrons. The third-order valence-electron chi connectivity index (χ3n) is 6.54. The molecule has 4 aliphatic heterocycles. The first-order chi connectivity index (χ1) is 13.1. The Labute approximate surface area is 158 Å². The first kappa shape index (κ1) is 16.9. The molecular formula is C20H24N4O3. The molecule has 0 saturated carbocycles. The monoisotopic (exact) mass is 368 g/mol. The number of carbonyl (C=O) groups is 3. The molecule has 0 radical (unpaired) electrons. The Hall–Kier alpha value is -2.25. The molecule has 1 aromatic rings. The number of nitrogens with one attached hydrogen (secondary N) is 2. The van der Waals surface area contributed by atoms with Crippen LogP contribution in [0.15, 0.2) is 18.2 Å². The molecule has 4 aliphatic rings. The van der Waals surface area contributed by atoms with E-state index < -0.39 is 6.04 Å². The SMILES string of the molecule is O=C1CCC(N2Cc3c(CN4C[C@H]5CNC[C@H]5C4)cccc3C2=O)C(=O)N1. The van der Waals surface area contributed by atoms with Crippen molar-refractivity contribution in [1.82, 2.24) is 20.4 Å². The van der Waals surface area contributed by atoms with Crippen LogP contribution in [0, 0.1) is 11.8 Å². The zero-order valence-corrected chi connectivity index (χ0v) is 15.2. The maximum atomic E-state index is 12.9. The van der Waals surface area contributed by atoms with E-state index in [-0.39, 0.29) is 24.1 Å². The number of benzene rings is 1. The number of hydrogen-bond acceptors (Lipinski definition) is 5. The molecule has 3 fully saturated rings. The van der Waals surface area contributed by atoms with Gasteiger partial charge in [0.25, 0.3) is 5.91 Å². The number of amides is 3. The molecule has 3 atom stereocenters. The quantitative estimate of drug-likeness (QED) is 0.740. The van der Waals surface area contributed by atoms with Gasteiger partial charge < -0.3 is 10.2 Å². The van der Waals surface area contributed by atoms with Crippen LogP contribution in [-0.4, -0.2) is 59.7 Å². The van der Waals surface area contributed by atoms with Crippen molar-refractivity contribution >= 4 is 17.7 Å². The second-order valence-corrected chi connectivity index (χ2v) is 8.22.